The summed E-state index contributed by atoms with van der Waals surface area (Å²) in [7, 11) is 0. The summed E-state index contributed by atoms with van der Waals surface area (Å²) in [6, 6.07) is 0. The molecule has 0 aromatic carbocycles. The second-order valence-electron chi connectivity index (χ2n) is 9.32. The number of carbonyl (C=O) groups is 1. The van der Waals surface area contributed by atoms with E-state index in [0.717, 1.165) is 25.7 Å². The van der Waals surface area contributed by atoms with Crippen LogP contribution >= 0.6 is 0 Å². The molecule has 0 aliphatic heterocycles. The molecule has 0 rings (SSSR count). The fourth-order valence-electron chi connectivity index (χ4n) is 4.19. The third-order valence-electron chi connectivity index (χ3n) is 6.32. The Balaban J connectivity index is 3.48. The topological polar surface area (TPSA) is 37.3 Å². The molecule has 30 heavy (non-hydrogen) atoms. The predicted molar refractivity (Wildman–Crippen MR) is 133 cm³/mol. The normalized spacial score (nSPS) is 12.6. The van der Waals surface area contributed by atoms with Crippen LogP contribution in [-0.2, 0) is 4.79 Å². The molecule has 0 aliphatic carbocycles. The summed E-state index contributed by atoms with van der Waals surface area (Å²) in [5.74, 6) is -0.681. The van der Waals surface area contributed by atoms with Crippen LogP contribution in [0.1, 0.15) is 155 Å². The van der Waals surface area contributed by atoms with Gasteiger partial charge in [0.05, 0.1) is 5.92 Å². The molecular formula is C28H54O2. The van der Waals surface area contributed by atoms with Crippen molar-refractivity contribution in [3.63, 3.8) is 0 Å². The highest BCUT2D eigenvalue weighted by molar-refractivity contribution is 5.69. The van der Waals surface area contributed by atoms with Gasteiger partial charge in [-0.05, 0) is 32.1 Å². The Morgan fingerprint density at radius 1 is 0.567 bits per heavy atom. The van der Waals surface area contributed by atoms with Crippen molar-refractivity contribution in [1.29, 1.82) is 0 Å². The second-order valence-corrected chi connectivity index (χ2v) is 9.32. The lowest BCUT2D eigenvalue weighted by Crippen LogP contribution is -2.13. The maximum atomic E-state index is 11.5. The van der Waals surface area contributed by atoms with Crippen LogP contribution in [0, 0.1) is 5.92 Å². The van der Waals surface area contributed by atoms with Crippen LogP contribution in [0.2, 0.25) is 0 Å². The highest BCUT2D eigenvalue weighted by Gasteiger charge is 2.16. The van der Waals surface area contributed by atoms with Crippen molar-refractivity contribution < 1.29 is 9.90 Å². The Morgan fingerprint density at radius 3 is 1.37 bits per heavy atom. The van der Waals surface area contributed by atoms with Gasteiger partial charge < -0.3 is 5.11 Å². The molecule has 2 heteroatoms. The zero-order chi connectivity index (χ0) is 22.1. The SMILES string of the molecule is CCCC/C=C\CCCCCCC(CCCCCCCCCCCCCC)C(=O)O. The van der Waals surface area contributed by atoms with E-state index in [-0.39, 0.29) is 5.92 Å². The molecule has 0 saturated heterocycles. The van der Waals surface area contributed by atoms with E-state index in [4.69, 9.17) is 0 Å². The van der Waals surface area contributed by atoms with E-state index in [1.54, 1.807) is 0 Å². The first-order chi connectivity index (χ1) is 14.7. The van der Waals surface area contributed by atoms with Gasteiger partial charge in [0, 0.05) is 0 Å². The predicted octanol–water partition coefficient (Wildman–Crippen LogP) is 9.87. The summed E-state index contributed by atoms with van der Waals surface area (Å²) in [6.45, 7) is 4.50. The summed E-state index contributed by atoms with van der Waals surface area (Å²) in [4.78, 5) is 11.5. The van der Waals surface area contributed by atoms with Crippen LogP contribution in [0.15, 0.2) is 12.2 Å². The first-order valence-corrected chi connectivity index (χ1v) is 13.6. The van der Waals surface area contributed by atoms with Crippen LogP contribution in [0.5, 0.6) is 0 Å². The highest BCUT2D eigenvalue weighted by atomic mass is 16.4. The van der Waals surface area contributed by atoms with Gasteiger partial charge >= 0.3 is 5.97 Å². The molecule has 0 aromatic heterocycles. The average Bonchev–Trinajstić information content (AvgIpc) is 2.74. The quantitative estimate of drug-likeness (QED) is 0.124. The van der Waals surface area contributed by atoms with Gasteiger partial charge in [-0.2, -0.15) is 0 Å². The van der Waals surface area contributed by atoms with E-state index in [1.807, 2.05) is 0 Å². The van der Waals surface area contributed by atoms with Gasteiger partial charge in [0.2, 0.25) is 0 Å². The monoisotopic (exact) mass is 422 g/mol. The lowest BCUT2D eigenvalue weighted by Gasteiger charge is -2.12. The smallest absolute Gasteiger partial charge is 0.306 e. The number of allylic oxidation sites excluding steroid dienone is 2. The van der Waals surface area contributed by atoms with Crippen molar-refractivity contribution in [3.05, 3.63) is 12.2 Å². The van der Waals surface area contributed by atoms with E-state index < -0.39 is 5.97 Å². The van der Waals surface area contributed by atoms with Gasteiger partial charge in [-0.1, -0.05) is 135 Å². The number of carboxylic acid groups (broad SMARTS) is 1. The van der Waals surface area contributed by atoms with Gasteiger partial charge in [-0.25, -0.2) is 0 Å². The zero-order valence-electron chi connectivity index (χ0n) is 20.6. The fraction of sp³-hybridized carbons (Fsp3) is 0.893. The Morgan fingerprint density at radius 2 is 0.933 bits per heavy atom. The molecule has 1 atom stereocenters. The van der Waals surface area contributed by atoms with Gasteiger partial charge in [-0.15, -0.1) is 0 Å². The molecule has 0 saturated carbocycles. The largest absolute Gasteiger partial charge is 0.481 e. The minimum atomic E-state index is -0.572. The van der Waals surface area contributed by atoms with E-state index in [0.29, 0.717) is 0 Å². The number of unbranched alkanes of at least 4 members (excludes halogenated alkanes) is 17. The van der Waals surface area contributed by atoms with Gasteiger partial charge in [0.1, 0.15) is 0 Å². The molecular weight excluding hydrogens is 368 g/mol. The lowest BCUT2D eigenvalue weighted by molar-refractivity contribution is -0.142. The maximum absolute atomic E-state index is 11.5. The van der Waals surface area contributed by atoms with Crippen LogP contribution in [0.25, 0.3) is 0 Å². The number of hydrogen-bond acceptors (Lipinski definition) is 1. The van der Waals surface area contributed by atoms with E-state index in [1.165, 1.54) is 116 Å². The first-order valence-electron chi connectivity index (χ1n) is 13.6. The van der Waals surface area contributed by atoms with Crippen LogP contribution in [-0.4, -0.2) is 11.1 Å². The van der Waals surface area contributed by atoms with Crippen molar-refractivity contribution in [2.75, 3.05) is 0 Å². The number of aliphatic carboxylic acids is 1. The van der Waals surface area contributed by atoms with E-state index in [2.05, 4.69) is 26.0 Å². The van der Waals surface area contributed by atoms with E-state index in [9.17, 15) is 9.90 Å². The van der Waals surface area contributed by atoms with Crippen molar-refractivity contribution in [3.8, 4) is 0 Å². The molecule has 0 bridgehead atoms. The molecule has 1 unspecified atom stereocenters. The fourth-order valence-corrected chi connectivity index (χ4v) is 4.19. The molecule has 178 valence electrons. The third kappa shape index (κ3) is 21.9. The highest BCUT2D eigenvalue weighted by Crippen LogP contribution is 2.20. The van der Waals surface area contributed by atoms with Crippen LogP contribution < -0.4 is 0 Å². The molecule has 0 radical (unpaired) electrons. The van der Waals surface area contributed by atoms with Gasteiger partial charge in [0.15, 0.2) is 0 Å². The van der Waals surface area contributed by atoms with Gasteiger partial charge in [0.25, 0.3) is 0 Å². The third-order valence-corrected chi connectivity index (χ3v) is 6.32. The van der Waals surface area contributed by atoms with Crippen molar-refractivity contribution in [2.45, 2.75) is 155 Å². The molecule has 0 spiro atoms. The maximum Gasteiger partial charge on any atom is 0.306 e. The molecule has 0 amide bonds. The van der Waals surface area contributed by atoms with Gasteiger partial charge in [-0.3, -0.25) is 4.79 Å². The minimum Gasteiger partial charge on any atom is -0.481 e. The molecule has 1 N–H and O–H groups in total. The summed E-state index contributed by atoms with van der Waals surface area (Å²) in [6.07, 6.45) is 32.2. The molecule has 0 fully saturated rings. The molecule has 0 heterocycles. The Kier molecular flexibility index (Phi) is 23.8. The van der Waals surface area contributed by atoms with Crippen molar-refractivity contribution in [2.24, 2.45) is 5.92 Å². The van der Waals surface area contributed by atoms with Crippen LogP contribution in [0.4, 0.5) is 0 Å². The summed E-state index contributed by atoms with van der Waals surface area (Å²) < 4.78 is 0. The number of carboxylic acids is 1. The Labute approximate surface area is 189 Å². The second kappa shape index (κ2) is 24.5. The van der Waals surface area contributed by atoms with E-state index >= 15 is 0 Å². The van der Waals surface area contributed by atoms with Crippen LogP contribution in [0.3, 0.4) is 0 Å². The zero-order valence-corrected chi connectivity index (χ0v) is 20.6. The Hall–Kier alpha value is -0.790. The summed E-state index contributed by atoms with van der Waals surface area (Å²) >= 11 is 0. The number of hydrogen-bond donors (Lipinski definition) is 1. The first kappa shape index (κ1) is 29.2. The Bertz CT molecular complexity index is 375. The molecule has 2 nitrogen and oxygen atoms in total. The van der Waals surface area contributed by atoms with Crippen molar-refractivity contribution in [1.82, 2.24) is 0 Å². The minimum absolute atomic E-state index is 0.109. The molecule has 0 aromatic rings. The summed E-state index contributed by atoms with van der Waals surface area (Å²) in [5.41, 5.74) is 0. The molecule has 0 aliphatic rings. The lowest BCUT2D eigenvalue weighted by atomic mass is 9.94. The standard InChI is InChI=1S/C28H54O2/c1-3-5-7-9-11-13-15-16-18-20-22-24-26-27(28(29)30)25-23-21-19-17-14-12-10-8-6-4-2/h10,12,27H,3-9,11,13-26H2,1-2H3,(H,29,30)/b12-10-. The van der Waals surface area contributed by atoms with Crippen molar-refractivity contribution >= 4 is 5.97 Å². The summed E-state index contributed by atoms with van der Waals surface area (Å²) in [5, 5.41) is 9.48. The number of rotatable bonds is 24. The average molecular weight is 423 g/mol.